The van der Waals surface area contributed by atoms with Crippen molar-refractivity contribution in [2.75, 3.05) is 19.7 Å². The number of aromatic nitrogens is 4. The first-order valence-electron chi connectivity index (χ1n) is 14.0. The third kappa shape index (κ3) is 18.4. The molecule has 0 aromatic carbocycles. The van der Waals surface area contributed by atoms with E-state index in [9.17, 15) is 29.4 Å². The largest absolute Gasteiger partial charge is 0.850 e. The Bertz CT molecular complexity index is 1280. The quantitative estimate of drug-likeness (QED) is 0.0954. The molecule has 0 radical (unpaired) electrons. The van der Waals surface area contributed by atoms with Gasteiger partial charge in [0.05, 0.1) is 30.6 Å². The first kappa shape index (κ1) is 42.3. The first-order chi connectivity index (χ1) is 21.6. The molecule has 0 saturated carbocycles. The van der Waals surface area contributed by atoms with E-state index in [0.29, 0.717) is 39.3 Å². The van der Waals surface area contributed by atoms with Gasteiger partial charge in [-0.05, 0) is 61.6 Å². The second kappa shape index (κ2) is 22.8. The third-order valence-corrected chi connectivity index (χ3v) is 6.60. The van der Waals surface area contributed by atoms with Crippen LogP contribution in [0.25, 0.3) is 0 Å². The summed E-state index contributed by atoms with van der Waals surface area (Å²) in [6.07, 6.45) is 6.31. The zero-order chi connectivity index (χ0) is 32.5. The second-order valence-electron chi connectivity index (χ2n) is 10.0. The monoisotopic (exact) mass is 764 g/mol. The maximum absolute atomic E-state index is 13.3. The van der Waals surface area contributed by atoms with Crippen LogP contribution in [0, 0.1) is 0 Å². The van der Waals surface area contributed by atoms with Crippen molar-refractivity contribution in [3.8, 4) is 0 Å². The first-order valence-corrected chi connectivity index (χ1v) is 15.4. The number of nitrogens with zero attached hydrogens (tertiary/aromatic N) is 6. The Hall–Kier alpha value is -2.73. The molecule has 17 heteroatoms. The minimum absolute atomic E-state index is 0. The number of hydrogen-bond donors (Lipinski definition) is 1. The molecule has 0 bridgehead atoms. The van der Waals surface area contributed by atoms with E-state index in [4.69, 9.17) is 0 Å². The molecule has 244 valence electrons. The number of aliphatic carboxylic acids is 1. The van der Waals surface area contributed by atoms with Crippen LogP contribution in [0.4, 0.5) is 0 Å². The number of carbonyl (C=O) groups excluding carboxylic acids is 1. The van der Waals surface area contributed by atoms with Crippen LogP contribution in [0.3, 0.4) is 0 Å². The standard InChI is InChI=1S/C27H29N6O.C3H8NO6P.2Zn/c34-27(21-32(17-23-9-1-5-13-28-23)18-24-10-2-6-14-29-24)22-33(19-25-11-3-7-15-30-25)20-26-12-4-8-16-31-26;4-2(3(5)6)1-10-11(7,8)9;;/h1-16,27H,17-22H2;2H,1,4H2,(H,5,6)(H2,7,8,9);;/q-1;;;/p-2. The molecule has 1 unspecified atom stereocenters. The van der Waals surface area contributed by atoms with Crippen molar-refractivity contribution in [2.24, 2.45) is 0 Å². The summed E-state index contributed by atoms with van der Waals surface area (Å²) in [6.45, 7) is 2.36. The summed E-state index contributed by atoms with van der Waals surface area (Å²) in [4.78, 5) is 51.5. The maximum Gasteiger partial charge on any atom is 0.148 e. The molecular formula is C30H35N7O7PZn2-3. The predicted molar refractivity (Wildman–Crippen MR) is 154 cm³/mol. The summed E-state index contributed by atoms with van der Waals surface area (Å²) in [6, 6.07) is 22.1. The Kier molecular flexibility index (Phi) is 20.5. The minimum atomic E-state index is -5.09. The van der Waals surface area contributed by atoms with Gasteiger partial charge >= 0.3 is 0 Å². The van der Waals surface area contributed by atoms with Crippen LogP contribution in [0.2, 0.25) is 0 Å². The second-order valence-corrected chi connectivity index (χ2v) is 11.2. The van der Waals surface area contributed by atoms with Crippen LogP contribution in [-0.2, 0) is 79.0 Å². The van der Waals surface area contributed by atoms with Crippen LogP contribution >= 0.6 is 7.82 Å². The van der Waals surface area contributed by atoms with Crippen LogP contribution in [-0.4, -0.2) is 67.5 Å². The summed E-state index contributed by atoms with van der Waals surface area (Å²) < 4.78 is 13.4. The van der Waals surface area contributed by atoms with Crippen molar-refractivity contribution in [3.63, 3.8) is 0 Å². The Morgan fingerprint density at radius 2 is 1.02 bits per heavy atom. The molecule has 0 saturated heterocycles. The summed E-state index contributed by atoms with van der Waals surface area (Å²) in [5.41, 5.74) is 6.69. The van der Waals surface area contributed by atoms with Gasteiger partial charge in [-0.2, -0.15) is 0 Å². The number of hydrogen-bond acceptors (Lipinski definition) is 13. The predicted octanol–water partition coefficient (Wildman–Crippen LogP) is -2.11. The van der Waals surface area contributed by atoms with Crippen molar-refractivity contribution >= 4 is 13.8 Å². The van der Waals surface area contributed by atoms with Gasteiger partial charge in [-0.25, -0.2) is 0 Å². The minimum Gasteiger partial charge on any atom is -0.850 e. The average Bonchev–Trinajstić information content (AvgIpc) is 3.01. The van der Waals surface area contributed by atoms with Gasteiger partial charge in [-0.3, -0.25) is 29.7 Å². The van der Waals surface area contributed by atoms with E-state index in [1.165, 1.54) is 0 Å². The molecule has 14 nitrogen and oxygen atoms in total. The molecule has 0 aliphatic carbocycles. The number of phosphoric acid groups is 1. The van der Waals surface area contributed by atoms with E-state index in [0.717, 1.165) is 22.8 Å². The molecule has 0 amide bonds. The maximum atomic E-state index is 13.3. The SMILES string of the molecule is [NH3+]C(COP(=O)([O-])[O-])C(=O)[O-].[O-]C(CN(Cc1ccccn1)Cc1ccccn1)CN(Cc1ccccn1)Cc1ccccn1.[Zn].[Zn]. The number of carbonyl (C=O) groups is 1. The Morgan fingerprint density at radius 1 is 0.702 bits per heavy atom. The van der Waals surface area contributed by atoms with Gasteiger partial charge in [0, 0.05) is 89.9 Å². The van der Waals surface area contributed by atoms with Gasteiger partial charge in [-0.15, -0.1) is 6.10 Å². The van der Waals surface area contributed by atoms with E-state index in [2.05, 4.69) is 40.0 Å². The number of phosphoric ester groups is 1. The molecular weight excluding hydrogens is 732 g/mol. The van der Waals surface area contributed by atoms with Crippen LogP contribution in [0.1, 0.15) is 22.8 Å². The van der Waals surface area contributed by atoms with Gasteiger partial charge < -0.3 is 39.6 Å². The van der Waals surface area contributed by atoms with Crippen molar-refractivity contribution in [1.29, 1.82) is 0 Å². The number of quaternary nitrogens is 1. The summed E-state index contributed by atoms with van der Waals surface area (Å²) in [5, 5.41) is 23.2. The third-order valence-electron chi connectivity index (χ3n) is 6.14. The normalized spacial score (nSPS) is 11.6. The van der Waals surface area contributed by atoms with E-state index in [1.54, 1.807) is 24.8 Å². The van der Waals surface area contributed by atoms with Crippen molar-refractivity contribution in [3.05, 3.63) is 120 Å². The Balaban J connectivity index is 0.000000734. The molecule has 4 heterocycles. The molecule has 4 aromatic rings. The van der Waals surface area contributed by atoms with Crippen LogP contribution in [0.15, 0.2) is 97.6 Å². The molecule has 3 N–H and O–H groups in total. The molecule has 0 aliphatic heterocycles. The number of rotatable bonds is 16. The molecule has 0 fully saturated rings. The Labute approximate surface area is 299 Å². The number of pyridine rings is 4. The molecule has 47 heavy (non-hydrogen) atoms. The molecule has 4 rings (SSSR count). The smallest absolute Gasteiger partial charge is 0.148 e. The fourth-order valence-corrected chi connectivity index (χ4v) is 4.50. The van der Waals surface area contributed by atoms with Gasteiger partial charge in [0.2, 0.25) is 0 Å². The zero-order valence-electron chi connectivity index (χ0n) is 26.0. The van der Waals surface area contributed by atoms with Gasteiger partial charge in [0.25, 0.3) is 0 Å². The topological polar surface area (TPSA) is 221 Å². The van der Waals surface area contributed by atoms with Gasteiger partial charge in [-0.1, -0.05) is 24.3 Å². The van der Waals surface area contributed by atoms with E-state index in [1.807, 2.05) is 72.8 Å². The molecule has 4 aromatic heterocycles. The van der Waals surface area contributed by atoms with Crippen molar-refractivity contribution < 1.29 is 78.6 Å². The molecule has 0 aliphatic rings. The summed E-state index contributed by atoms with van der Waals surface area (Å²) >= 11 is 0. The number of carboxylic acids is 1. The van der Waals surface area contributed by atoms with Crippen molar-refractivity contribution in [1.82, 2.24) is 29.7 Å². The Morgan fingerprint density at radius 3 is 1.26 bits per heavy atom. The van der Waals surface area contributed by atoms with E-state index >= 15 is 0 Å². The zero-order valence-corrected chi connectivity index (χ0v) is 32.8. The van der Waals surface area contributed by atoms with Crippen LogP contribution in [0.5, 0.6) is 0 Å². The van der Waals surface area contributed by atoms with Crippen LogP contribution < -0.4 is 25.7 Å². The summed E-state index contributed by atoms with van der Waals surface area (Å²) in [5.74, 6) is -1.57. The van der Waals surface area contributed by atoms with Gasteiger partial charge in [0.1, 0.15) is 18.6 Å². The van der Waals surface area contributed by atoms with E-state index in [-0.39, 0.29) is 39.0 Å². The number of carboxylic acid groups (broad SMARTS) is 1. The van der Waals surface area contributed by atoms with E-state index < -0.39 is 32.5 Å². The van der Waals surface area contributed by atoms with Gasteiger partial charge in [0.15, 0.2) is 0 Å². The fraction of sp³-hybridized carbons (Fsp3) is 0.300. The summed E-state index contributed by atoms with van der Waals surface area (Å²) in [7, 11) is -5.09. The molecule has 1 atom stereocenters. The van der Waals surface area contributed by atoms with Crippen molar-refractivity contribution in [2.45, 2.75) is 38.3 Å². The average molecular weight is 767 g/mol. The molecule has 0 spiro atoms. The fourth-order valence-electron chi connectivity index (χ4n) is 4.14.